The standard InChI is InChI=1S/C52H100O6/c1-5-7-9-11-13-15-17-18-19-20-21-24-28-32-36-40-44-51(54)57-47-49(46-56-50(53)43-39-35-31-27-16-14-12-10-8-6-2)58-52(55)45-41-37-33-29-25-22-23-26-30-34-38-42-48(3)4/h48-49H,5-47H2,1-4H3/t49-/m1/s1. The Morgan fingerprint density at radius 1 is 0.328 bits per heavy atom. The van der Waals surface area contributed by atoms with E-state index in [1.165, 1.54) is 186 Å². The van der Waals surface area contributed by atoms with Crippen LogP contribution in [0.4, 0.5) is 0 Å². The molecule has 0 unspecified atom stereocenters. The molecule has 6 heteroatoms. The highest BCUT2D eigenvalue weighted by Gasteiger charge is 2.19. The fourth-order valence-electron chi connectivity index (χ4n) is 7.86. The molecule has 0 heterocycles. The van der Waals surface area contributed by atoms with Gasteiger partial charge in [-0.1, -0.05) is 252 Å². The summed E-state index contributed by atoms with van der Waals surface area (Å²) in [6.45, 7) is 9.01. The minimum atomic E-state index is -0.760. The second-order valence-electron chi connectivity index (χ2n) is 18.3. The molecule has 58 heavy (non-hydrogen) atoms. The Labute approximate surface area is 361 Å². The van der Waals surface area contributed by atoms with Crippen LogP contribution in [0.3, 0.4) is 0 Å². The van der Waals surface area contributed by atoms with Crippen molar-refractivity contribution in [1.29, 1.82) is 0 Å². The van der Waals surface area contributed by atoms with Gasteiger partial charge in [-0.05, 0) is 25.2 Å². The molecule has 0 aromatic carbocycles. The Morgan fingerprint density at radius 3 is 0.845 bits per heavy atom. The van der Waals surface area contributed by atoms with Crippen molar-refractivity contribution in [2.75, 3.05) is 13.2 Å². The monoisotopic (exact) mass is 821 g/mol. The summed E-state index contributed by atoms with van der Waals surface area (Å²) in [4.78, 5) is 37.9. The molecule has 6 nitrogen and oxygen atoms in total. The normalized spacial score (nSPS) is 11.9. The molecule has 0 amide bonds. The van der Waals surface area contributed by atoms with Gasteiger partial charge in [0.15, 0.2) is 6.10 Å². The Kier molecular flexibility index (Phi) is 45.2. The van der Waals surface area contributed by atoms with E-state index < -0.39 is 6.10 Å². The van der Waals surface area contributed by atoms with Crippen molar-refractivity contribution >= 4 is 17.9 Å². The summed E-state index contributed by atoms with van der Waals surface area (Å²) < 4.78 is 16.8. The van der Waals surface area contributed by atoms with Crippen molar-refractivity contribution in [3.63, 3.8) is 0 Å². The van der Waals surface area contributed by atoms with Crippen LogP contribution in [0, 0.1) is 5.92 Å². The summed E-state index contributed by atoms with van der Waals surface area (Å²) in [6, 6.07) is 0. The van der Waals surface area contributed by atoms with Crippen LogP contribution in [-0.2, 0) is 28.6 Å². The lowest BCUT2D eigenvalue weighted by Gasteiger charge is -2.18. The van der Waals surface area contributed by atoms with Gasteiger partial charge in [0.25, 0.3) is 0 Å². The molecule has 1 atom stereocenters. The number of unbranched alkanes of at least 4 members (excludes halogenated alkanes) is 34. The Morgan fingerprint density at radius 2 is 0.569 bits per heavy atom. The third-order valence-electron chi connectivity index (χ3n) is 11.8. The number of carbonyl (C=O) groups is 3. The number of esters is 3. The number of ether oxygens (including phenoxy) is 3. The average Bonchev–Trinajstić information content (AvgIpc) is 3.21. The zero-order valence-corrected chi connectivity index (χ0v) is 39.5. The predicted molar refractivity (Wildman–Crippen MR) is 247 cm³/mol. The Bertz CT molecular complexity index is 872. The van der Waals surface area contributed by atoms with E-state index in [0.717, 1.165) is 63.7 Å². The van der Waals surface area contributed by atoms with Crippen LogP contribution in [0.25, 0.3) is 0 Å². The van der Waals surface area contributed by atoms with Crippen LogP contribution in [0.15, 0.2) is 0 Å². The van der Waals surface area contributed by atoms with Crippen LogP contribution in [-0.4, -0.2) is 37.2 Å². The molecule has 0 aromatic heterocycles. The van der Waals surface area contributed by atoms with Crippen molar-refractivity contribution in [1.82, 2.24) is 0 Å². The van der Waals surface area contributed by atoms with Gasteiger partial charge in [0.2, 0.25) is 0 Å². The van der Waals surface area contributed by atoms with Gasteiger partial charge >= 0.3 is 17.9 Å². The van der Waals surface area contributed by atoms with Crippen molar-refractivity contribution in [3.05, 3.63) is 0 Å². The first kappa shape index (κ1) is 56.4. The molecule has 0 N–H and O–H groups in total. The van der Waals surface area contributed by atoms with E-state index in [0.29, 0.717) is 19.3 Å². The van der Waals surface area contributed by atoms with Gasteiger partial charge < -0.3 is 14.2 Å². The van der Waals surface area contributed by atoms with Crippen molar-refractivity contribution in [3.8, 4) is 0 Å². The van der Waals surface area contributed by atoms with Crippen LogP contribution in [0.2, 0.25) is 0 Å². The molecule has 0 radical (unpaired) electrons. The fraction of sp³-hybridized carbons (Fsp3) is 0.942. The van der Waals surface area contributed by atoms with E-state index in [9.17, 15) is 14.4 Å². The topological polar surface area (TPSA) is 78.9 Å². The third kappa shape index (κ3) is 45.5. The molecule has 0 fully saturated rings. The number of hydrogen-bond acceptors (Lipinski definition) is 6. The highest BCUT2D eigenvalue weighted by atomic mass is 16.6. The van der Waals surface area contributed by atoms with Crippen LogP contribution >= 0.6 is 0 Å². The molecule has 0 rings (SSSR count). The predicted octanol–water partition coefficient (Wildman–Crippen LogP) is 16.7. The van der Waals surface area contributed by atoms with Crippen LogP contribution < -0.4 is 0 Å². The van der Waals surface area contributed by atoms with Gasteiger partial charge in [-0.15, -0.1) is 0 Å². The summed E-state index contributed by atoms with van der Waals surface area (Å²) in [5, 5.41) is 0. The van der Waals surface area contributed by atoms with Crippen molar-refractivity contribution in [2.24, 2.45) is 5.92 Å². The highest BCUT2D eigenvalue weighted by molar-refractivity contribution is 5.71. The third-order valence-corrected chi connectivity index (χ3v) is 11.8. The smallest absolute Gasteiger partial charge is 0.306 e. The number of hydrogen-bond donors (Lipinski definition) is 0. The first-order chi connectivity index (χ1) is 28.4. The summed E-state index contributed by atoms with van der Waals surface area (Å²) in [5.41, 5.74) is 0. The van der Waals surface area contributed by atoms with Gasteiger partial charge in [-0.2, -0.15) is 0 Å². The highest BCUT2D eigenvalue weighted by Crippen LogP contribution is 2.17. The van der Waals surface area contributed by atoms with E-state index in [1.807, 2.05) is 0 Å². The van der Waals surface area contributed by atoms with Crippen LogP contribution in [0.1, 0.15) is 291 Å². The van der Waals surface area contributed by atoms with Gasteiger partial charge in [-0.3, -0.25) is 14.4 Å². The summed E-state index contributed by atoms with van der Waals surface area (Å²) in [5.74, 6) is -0.0210. The SMILES string of the molecule is CCCCCCCCCCCCCCCCCCC(=O)OC[C@@H](COC(=O)CCCCCCCCCCCC)OC(=O)CCCCCCCCCCCCCC(C)C. The van der Waals surface area contributed by atoms with E-state index in [2.05, 4.69) is 27.7 Å². The summed E-state index contributed by atoms with van der Waals surface area (Å²) >= 11 is 0. The van der Waals surface area contributed by atoms with E-state index in [1.54, 1.807) is 0 Å². The molecule has 0 aliphatic rings. The molecule has 0 saturated heterocycles. The number of carbonyl (C=O) groups excluding carboxylic acids is 3. The van der Waals surface area contributed by atoms with Gasteiger partial charge in [0, 0.05) is 19.3 Å². The molecule has 0 saturated carbocycles. The summed E-state index contributed by atoms with van der Waals surface area (Å²) in [7, 11) is 0. The second-order valence-corrected chi connectivity index (χ2v) is 18.3. The molecule has 0 spiro atoms. The molecular formula is C52H100O6. The quantitative estimate of drug-likeness (QED) is 0.0346. The minimum absolute atomic E-state index is 0.0628. The molecule has 344 valence electrons. The molecule has 0 bridgehead atoms. The van der Waals surface area contributed by atoms with Crippen molar-refractivity contribution < 1.29 is 28.6 Å². The molecular weight excluding hydrogens is 721 g/mol. The maximum absolute atomic E-state index is 12.8. The summed E-state index contributed by atoms with van der Waals surface area (Å²) in [6.07, 6.45) is 48.0. The first-order valence-corrected chi connectivity index (χ1v) is 25.9. The van der Waals surface area contributed by atoms with Gasteiger partial charge in [0.1, 0.15) is 13.2 Å². The van der Waals surface area contributed by atoms with Gasteiger partial charge in [0.05, 0.1) is 0 Å². The van der Waals surface area contributed by atoms with E-state index >= 15 is 0 Å². The Balaban J connectivity index is 4.28. The zero-order chi connectivity index (χ0) is 42.4. The number of rotatable bonds is 47. The Hall–Kier alpha value is -1.59. The molecule has 0 aliphatic carbocycles. The van der Waals surface area contributed by atoms with E-state index in [4.69, 9.17) is 14.2 Å². The second kappa shape index (κ2) is 46.5. The van der Waals surface area contributed by atoms with E-state index in [-0.39, 0.29) is 31.1 Å². The largest absolute Gasteiger partial charge is 0.462 e. The fourth-order valence-corrected chi connectivity index (χ4v) is 7.86. The zero-order valence-electron chi connectivity index (χ0n) is 39.5. The van der Waals surface area contributed by atoms with Crippen LogP contribution in [0.5, 0.6) is 0 Å². The van der Waals surface area contributed by atoms with Gasteiger partial charge in [-0.25, -0.2) is 0 Å². The average molecular weight is 821 g/mol. The molecule has 0 aromatic rings. The maximum Gasteiger partial charge on any atom is 0.306 e. The molecule has 0 aliphatic heterocycles. The lowest BCUT2D eigenvalue weighted by atomic mass is 10.0. The first-order valence-electron chi connectivity index (χ1n) is 25.9. The minimum Gasteiger partial charge on any atom is -0.462 e. The lowest BCUT2D eigenvalue weighted by molar-refractivity contribution is -0.167. The van der Waals surface area contributed by atoms with Crippen molar-refractivity contribution in [2.45, 2.75) is 297 Å². The maximum atomic E-state index is 12.8. The lowest BCUT2D eigenvalue weighted by Crippen LogP contribution is -2.30.